The molecule has 4 amide bonds. The Morgan fingerprint density at radius 3 is 2.19 bits per heavy atom. The number of likely N-dealkylation sites (tertiary alicyclic amines) is 1. The molecular weight excluding hydrogens is 873 g/mol. The first kappa shape index (κ1) is 48.7. The number of nitrogens with zero attached hydrogens (tertiary/aromatic N) is 5. The first-order chi connectivity index (χ1) is 32.3. The Labute approximate surface area is 393 Å². The number of unbranched alkanes of at least 4 members (excludes halogenated alkanes) is 1. The number of benzene rings is 4. The zero-order valence-electron chi connectivity index (χ0n) is 39.1. The highest BCUT2D eigenvalue weighted by molar-refractivity contribution is 7.90. The molecule has 2 saturated heterocycles. The van der Waals surface area contributed by atoms with Gasteiger partial charge in [0.2, 0.25) is 12.3 Å². The molecule has 15 nitrogen and oxygen atoms in total. The predicted octanol–water partition coefficient (Wildman–Crippen LogP) is 7.73. The molecule has 356 valence electrons. The first-order valence-electron chi connectivity index (χ1n) is 23.2. The molecule has 4 aromatic carbocycles. The zero-order valence-corrected chi connectivity index (χ0v) is 39.9. The van der Waals surface area contributed by atoms with Crippen molar-refractivity contribution in [3.05, 3.63) is 107 Å². The van der Waals surface area contributed by atoms with E-state index in [0.717, 1.165) is 97.7 Å². The number of rotatable bonds is 17. The van der Waals surface area contributed by atoms with Crippen molar-refractivity contribution in [1.29, 1.82) is 0 Å². The number of nitrogens with one attached hydrogen (secondary N) is 1. The average Bonchev–Trinajstić information content (AvgIpc) is 3.82. The van der Waals surface area contributed by atoms with E-state index in [-0.39, 0.29) is 11.5 Å². The maximum absolute atomic E-state index is 14.0. The van der Waals surface area contributed by atoms with Gasteiger partial charge in [0.25, 0.3) is 11.8 Å². The largest absolute Gasteiger partial charge is 0.493 e. The molecule has 2 fully saturated rings. The van der Waals surface area contributed by atoms with Gasteiger partial charge in [0, 0.05) is 56.5 Å². The number of hydrogen-bond acceptors (Lipinski definition) is 12. The third-order valence-electron chi connectivity index (χ3n) is 13.0. The number of fused-ring (bicyclic) bond motifs is 2. The lowest BCUT2D eigenvalue weighted by atomic mass is 9.78. The Morgan fingerprint density at radius 1 is 0.851 bits per heavy atom. The summed E-state index contributed by atoms with van der Waals surface area (Å²) in [5.41, 5.74) is 4.29. The summed E-state index contributed by atoms with van der Waals surface area (Å²) in [5.74, 6) is 2.25. The summed E-state index contributed by atoms with van der Waals surface area (Å²) in [5, 5.41) is 7.47. The van der Waals surface area contributed by atoms with Crippen molar-refractivity contribution < 1.29 is 41.8 Å². The maximum Gasteiger partial charge on any atom is 0.262 e. The van der Waals surface area contributed by atoms with Gasteiger partial charge < -0.3 is 19.1 Å². The minimum atomic E-state index is -3.59. The Kier molecular flexibility index (Phi) is 16.0. The number of sulfone groups is 1. The molecule has 1 unspecified atom stereocenters. The monoisotopic (exact) mass is 934 g/mol. The van der Waals surface area contributed by atoms with Crippen LogP contribution < -0.4 is 24.4 Å². The van der Waals surface area contributed by atoms with Crippen molar-refractivity contribution in [3.8, 4) is 23.0 Å². The number of aromatic nitrogens is 2. The van der Waals surface area contributed by atoms with Gasteiger partial charge in [-0.1, -0.05) is 31.5 Å². The van der Waals surface area contributed by atoms with Crippen LogP contribution in [-0.2, 0) is 33.0 Å². The fraction of sp³-hybridized carbons (Fsp3) is 0.431. The molecular formula is C51H62N6O9S. The standard InChI is InChI=1S/C45H51N5O7S.C6H11NO2/c1-5-56-43-24-33(9-15-42(43)55-3)41(29-58(4,53)54)50-44(51)38-14-10-35(25-39(38)45(50)52)49-22-18-32(19-23-49)31-16-20-48(21-17-31)28-30-6-11-36(12-7-30)57-37-13-8-34-27-46-47(2)40(34)26-37;1-2-3-4-6(9)7-5-8/h6-15,24-27,31-32,41H,5,16-23,28-29H2,1-4H3;5H,2-4H2,1H3,(H,7,8,9). The van der Waals surface area contributed by atoms with Gasteiger partial charge in [0.15, 0.2) is 11.5 Å². The van der Waals surface area contributed by atoms with Gasteiger partial charge in [0.05, 0.1) is 48.4 Å². The van der Waals surface area contributed by atoms with Gasteiger partial charge in [-0.05, 0) is 130 Å². The Morgan fingerprint density at radius 2 is 1.54 bits per heavy atom. The van der Waals surface area contributed by atoms with E-state index in [2.05, 4.69) is 32.3 Å². The average molecular weight is 935 g/mol. The number of aryl methyl sites for hydroxylation is 1. The number of amides is 4. The topological polar surface area (TPSA) is 170 Å². The third-order valence-corrected chi connectivity index (χ3v) is 13.9. The van der Waals surface area contributed by atoms with Crippen molar-refractivity contribution >= 4 is 50.6 Å². The van der Waals surface area contributed by atoms with Crippen molar-refractivity contribution in [2.75, 3.05) is 56.8 Å². The van der Waals surface area contributed by atoms with Crippen LogP contribution in [0.1, 0.15) is 96.7 Å². The summed E-state index contributed by atoms with van der Waals surface area (Å²) in [7, 11) is -0.142. The molecule has 3 aliphatic rings. The second kappa shape index (κ2) is 22.0. The lowest BCUT2D eigenvalue weighted by Gasteiger charge is -2.41. The zero-order chi connectivity index (χ0) is 47.7. The quantitative estimate of drug-likeness (QED) is 0.0713. The molecule has 3 aliphatic heterocycles. The lowest BCUT2D eigenvalue weighted by Crippen LogP contribution is -2.40. The lowest BCUT2D eigenvalue weighted by molar-refractivity contribution is -0.125. The molecule has 1 atom stereocenters. The van der Waals surface area contributed by atoms with Crippen LogP contribution in [0.25, 0.3) is 10.9 Å². The molecule has 0 spiro atoms. The van der Waals surface area contributed by atoms with Crippen LogP contribution in [-0.4, -0.2) is 104 Å². The number of imide groups is 2. The van der Waals surface area contributed by atoms with Crippen LogP contribution in [0.4, 0.5) is 5.69 Å². The summed E-state index contributed by atoms with van der Waals surface area (Å²) < 4.78 is 44.4. The van der Waals surface area contributed by atoms with Crippen molar-refractivity contribution in [1.82, 2.24) is 24.9 Å². The molecule has 4 heterocycles. The van der Waals surface area contributed by atoms with E-state index >= 15 is 0 Å². The SMILES string of the molecule is CCCCC(=O)NC=O.CCOc1cc(C(CS(C)(=O)=O)N2C(=O)c3ccc(N4CCC(C5CCN(Cc6ccc(Oc7ccc8cnn(C)c8c7)cc6)CC5)CC4)cc3C2=O)ccc1OC. The van der Waals surface area contributed by atoms with Gasteiger partial charge in [0.1, 0.15) is 21.3 Å². The highest BCUT2D eigenvalue weighted by Gasteiger charge is 2.42. The van der Waals surface area contributed by atoms with Gasteiger partial charge in [-0.15, -0.1) is 0 Å². The van der Waals surface area contributed by atoms with E-state index < -0.39 is 33.4 Å². The number of piperidine rings is 2. The Balaban J connectivity index is 0.000000672. The summed E-state index contributed by atoms with van der Waals surface area (Å²) in [6.07, 6.45) is 10.2. The summed E-state index contributed by atoms with van der Waals surface area (Å²) in [4.78, 5) is 53.9. The number of carbonyl (C=O) groups excluding carboxylic acids is 4. The smallest absolute Gasteiger partial charge is 0.262 e. The van der Waals surface area contributed by atoms with Crippen LogP contribution in [0.5, 0.6) is 23.0 Å². The first-order valence-corrected chi connectivity index (χ1v) is 25.2. The summed E-state index contributed by atoms with van der Waals surface area (Å²) >= 11 is 0. The van der Waals surface area contributed by atoms with E-state index in [1.807, 2.05) is 74.2 Å². The Hall–Kier alpha value is -6.26. The normalized spacial score (nSPS) is 16.3. The molecule has 1 N–H and O–H groups in total. The second-order valence-electron chi connectivity index (χ2n) is 17.6. The molecule has 0 radical (unpaired) electrons. The molecule has 8 rings (SSSR count). The Bertz CT molecular complexity index is 2650. The fourth-order valence-electron chi connectivity index (χ4n) is 9.43. The number of anilines is 1. The molecule has 0 bridgehead atoms. The van der Waals surface area contributed by atoms with E-state index in [0.29, 0.717) is 53.9 Å². The minimum absolute atomic E-state index is 0.188. The van der Waals surface area contributed by atoms with E-state index in [1.54, 1.807) is 24.3 Å². The van der Waals surface area contributed by atoms with Gasteiger partial charge in [-0.3, -0.25) is 39.0 Å². The van der Waals surface area contributed by atoms with E-state index in [1.165, 1.54) is 25.5 Å². The molecule has 16 heteroatoms. The van der Waals surface area contributed by atoms with Gasteiger partial charge >= 0.3 is 0 Å². The highest BCUT2D eigenvalue weighted by atomic mass is 32.2. The van der Waals surface area contributed by atoms with Gasteiger partial charge in [-0.25, -0.2) is 8.42 Å². The van der Waals surface area contributed by atoms with E-state index in [4.69, 9.17) is 14.2 Å². The maximum atomic E-state index is 14.0. The number of carbonyl (C=O) groups is 4. The molecule has 0 aliphatic carbocycles. The van der Waals surface area contributed by atoms with Crippen LogP contribution in [0.15, 0.2) is 85.1 Å². The number of methoxy groups -OCH3 is 1. The van der Waals surface area contributed by atoms with Crippen LogP contribution in [0, 0.1) is 11.8 Å². The third kappa shape index (κ3) is 12.0. The fourth-order valence-corrected chi connectivity index (χ4v) is 10.3. The number of hydrogen-bond donors (Lipinski definition) is 1. The minimum Gasteiger partial charge on any atom is -0.493 e. The number of ether oxygens (including phenoxy) is 3. The molecule has 5 aromatic rings. The van der Waals surface area contributed by atoms with Crippen LogP contribution in [0.2, 0.25) is 0 Å². The van der Waals surface area contributed by atoms with E-state index in [9.17, 15) is 27.6 Å². The molecule has 0 saturated carbocycles. The molecule has 1 aromatic heterocycles. The highest BCUT2D eigenvalue weighted by Crippen LogP contribution is 2.39. The van der Waals surface area contributed by atoms with Crippen LogP contribution in [0.3, 0.4) is 0 Å². The second-order valence-corrected chi connectivity index (χ2v) is 19.8. The van der Waals surface area contributed by atoms with Crippen molar-refractivity contribution in [3.63, 3.8) is 0 Å². The summed E-state index contributed by atoms with van der Waals surface area (Å²) in [6.45, 7) is 9.03. The summed E-state index contributed by atoms with van der Waals surface area (Å²) in [6, 6.07) is 23.8. The molecule has 67 heavy (non-hydrogen) atoms. The van der Waals surface area contributed by atoms with Crippen molar-refractivity contribution in [2.45, 2.75) is 71.4 Å². The predicted molar refractivity (Wildman–Crippen MR) is 257 cm³/mol. The van der Waals surface area contributed by atoms with Gasteiger partial charge in [-0.2, -0.15) is 5.10 Å². The van der Waals surface area contributed by atoms with Crippen molar-refractivity contribution in [2.24, 2.45) is 18.9 Å². The van der Waals surface area contributed by atoms with Crippen LogP contribution >= 0.6 is 0 Å².